The van der Waals surface area contributed by atoms with E-state index in [1.54, 1.807) is 0 Å². The first-order valence-electron chi connectivity index (χ1n) is 10.8. The van der Waals surface area contributed by atoms with E-state index in [1.807, 2.05) is 0 Å². The molecule has 6 rings (SSSR count). The Morgan fingerprint density at radius 2 is 1.00 bits per heavy atom. The zero-order valence-corrected chi connectivity index (χ0v) is 22.4. The maximum atomic E-state index is 7.81. The van der Waals surface area contributed by atoms with Crippen LogP contribution in [0.4, 0.5) is 0 Å². The van der Waals surface area contributed by atoms with Crippen LogP contribution in [0.1, 0.15) is 29.2 Å². The fraction of sp³-hybridized carbons (Fsp3) is 0.107. The molecule has 0 aliphatic heterocycles. The molecule has 0 N–H and O–H groups in total. The predicted octanol–water partition coefficient (Wildman–Crippen LogP) is 6.60. The van der Waals surface area contributed by atoms with Crippen LogP contribution in [0, 0.1) is 0 Å². The Bertz CT molecular complexity index is 1350. The first-order chi connectivity index (χ1) is 15.0. The Kier molecular flexibility index (Phi) is 4.39. The Labute approximate surface area is 191 Å². The number of fused-ring (bicyclic) bond motifs is 6. The molecule has 0 spiro atoms. The molecule has 0 bridgehead atoms. The van der Waals surface area contributed by atoms with Crippen LogP contribution in [-0.2, 0) is 28.5 Å². The first-order valence-corrected chi connectivity index (χ1v) is 25.4. The van der Waals surface area contributed by atoms with Crippen LogP contribution in [0.5, 0.6) is 0 Å². The van der Waals surface area contributed by atoms with Crippen molar-refractivity contribution in [3.8, 4) is 22.3 Å². The molecule has 0 unspecified atom stereocenters. The molecule has 0 atom stereocenters. The molecule has 0 saturated carbocycles. The van der Waals surface area contributed by atoms with Crippen molar-refractivity contribution >= 4 is 27.6 Å². The summed E-state index contributed by atoms with van der Waals surface area (Å²) < 4.78 is 4.54. The zero-order chi connectivity index (χ0) is 21.2. The molecule has 0 nitrogen and oxygen atoms in total. The van der Waals surface area contributed by atoms with E-state index in [1.165, 1.54) is 51.1 Å². The fourth-order valence-electron chi connectivity index (χ4n) is 5.63. The number of halogens is 2. The van der Waals surface area contributed by atoms with Crippen LogP contribution in [0.3, 0.4) is 0 Å². The van der Waals surface area contributed by atoms with Gasteiger partial charge < -0.3 is 0 Å². The van der Waals surface area contributed by atoms with Gasteiger partial charge in [0, 0.05) is 0 Å². The summed E-state index contributed by atoms with van der Waals surface area (Å²) >= 11 is -4.84. The van der Waals surface area contributed by atoms with Gasteiger partial charge in [-0.15, -0.1) is 0 Å². The summed E-state index contributed by atoms with van der Waals surface area (Å²) in [5.74, 6) is 0. The third-order valence-electron chi connectivity index (χ3n) is 7.20. The molecule has 4 aromatic carbocycles. The van der Waals surface area contributed by atoms with E-state index >= 15 is 0 Å². The molecule has 0 saturated heterocycles. The van der Waals surface area contributed by atoms with Gasteiger partial charge in [0.05, 0.1) is 0 Å². The average molecular weight is 608 g/mol. The third kappa shape index (κ3) is 2.73. The van der Waals surface area contributed by atoms with E-state index in [9.17, 15) is 0 Å². The molecule has 0 heterocycles. The molecule has 4 aromatic rings. The average Bonchev–Trinajstić information content (AvgIpc) is 3.37. The molecule has 0 amide bonds. The second-order valence-electron chi connectivity index (χ2n) is 8.70. The van der Waals surface area contributed by atoms with Crippen molar-refractivity contribution in [3.63, 3.8) is 0 Å². The van der Waals surface area contributed by atoms with Crippen molar-refractivity contribution in [1.82, 2.24) is 0 Å². The Balaban J connectivity index is 1.63. The quantitative estimate of drug-likeness (QED) is 0.195. The minimum absolute atomic E-state index is 0.899. The Hall–Kier alpha value is -1.80. The van der Waals surface area contributed by atoms with Gasteiger partial charge in [-0.25, -0.2) is 0 Å². The molecule has 2 aliphatic rings. The van der Waals surface area contributed by atoms with Crippen molar-refractivity contribution < 1.29 is 15.7 Å². The van der Waals surface area contributed by atoms with E-state index in [0.717, 1.165) is 12.8 Å². The van der Waals surface area contributed by atoms with Crippen LogP contribution < -0.4 is 6.64 Å². The summed E-state index contributed by atoms with van der Waals surface area (Å²) in [4.78, 5) is 0. The summed E-state index contributed by atoms with van der Waals surface area (Å²) in [6.45, 7) is 2.07. The van der Waals surface area contributed by atoms with Crippen molar-refractivity contribution in [2.24, 2.45) is 0 Å². The topological polar surface area (TPSA) is 0 Å². The number of hydrogen-bond donors (Lipinski definition) is 0. The SMILES string of the molecule is C[CH]=[Hf]([Cl])([Cl])([c]1cccc2c1Cc1ccccc1-2)[c]1cccc2c1Cc1ccccc1-2. The maximum absolute atomic E-state index is 7.81. The summed E-state index contributed by atoms with van der Waals surface area (Å²) in [5, 5.41) is 0. The van der Waals surface area contributed by atoms with Gasteiger partial charge in [0.15, 0.2) is 0 Å². The summed E-state index contributed by atoms with van der Waals surface area (Å²) in [6, 6.07) is 30.4. The number of hydrogen-bond acceptors (Lipinski definition) is 0. The molecule has 0 aromatic heterocycles. The van der Waals surface area contributed by atoms with E-state index in [-0.39, 0.29) is 0 Å². The van der Waals surface area contributed by atoms with Crippen LogP contribution in [0.25, 0.3) is 22.3 Å². The summed E-state index contributed by atoms with van der Waals surface area (Å²) in [5.41, 5.74) is 10.6. The van der Waals surface area contributed by atoms with Gasteiger partial charge in [0.2, 0.25) is 0 Å². The normalized spacial score (nSPS) is 13.9. The van der Waals surface area contributed by atoms with Gasteiger partial charge in [-0.1, -0.05) is 0 Å². The van der Waals surface area contributed by atoms with Crippen molar-refractivity contribution in [2.45, 2.75) is 19.8 Å². The molecule has 0 radical (unpaired) electrons. The molecule has 152 valence electrons. The molecule has 31 heavy (non-hydrogen) atoms. The molecular formula is C28H22Cl2Hf. The fourth-order valence-corrected chi connectivity index (χ4v) is 23.2. The van der Waals surface area contributed by atoms with E-state index in [2.05, 4.69) is 95.6 Å². The Morgan fingerprint density at radius 1 is 0.581 bits per heavy atom. The second-order valence-corrected chi connectivity index (χ2v) is 36.9. The number of rotatable bonds is 2. The van der Waals surface area contributed by atoms with Crippen LogP contribution in [0.15, 0.2) is 84.9 Å². The van der Waals surface area contributed by atoms with Gasteiger partial charge in [-0.3, -0.25) is 0 Å². The van der Waals surface area contributed by atoms with E-state index in [0.29, 0.717) is 0 Å². The van der Waals surface area contributed by atoms with Gasteiger partial charge >= 0.3 is 192 Å². The van der Waals surface area contributed by atoms with Crippen LogP contribution >= 0.6 is 17.2 Å². The van der Waals surface area contributed by atoms with E-state index in [4.69, 9.17) is 17.2 Å². The Morgan fingerprint density at radius 3 is 1.45 bits per heavy atom. The summed E-state index contributed by atoms with van der Waals surface area (Å²) in [7, 11) is 15.6. The first kappa shape index (κ1) is 19.9. The van der Waals surface area contributed by atoms with Crippen molar-refractivity contribution in [2.75, 3.05) is 0 Å². The minimum atomic E-state index is -4.84. The molecular weight excluding hydrogens is 586 g/mol. The van der Waals surface area contributed by atoms with Gasteiger partial charge in [-0.05, 0) is 0 Å². The third-order valence-corrected chi connectivity index (χ3v) is 31.5. The van der Waals surface area contributed by atoms with Gasteiger partial charge in [-0.2, -0.15) is 0 Å². The van der Waals surface area contributed by atoms with Crippen molar-refractivity contribution in [3.05, 3.63) is 107 Å². The second kappa shape index (κ2) is 6.85. The molecule has 0 fully saturated rings. The molecule has 3 heteroatoms. The predicted molar refractivity (Wildman–Crippen MR) is 132 cm³/mol. The summed E-state index contributed by atoms with van der Waals surface area (Å²) in [6.07, 6.45) is 1.80. The zero-order valence-electron chi connectivity index (χ0n) is 17.3. The van der Waals surface area contributed by atoms with Crippen LogP contribution in [-0.4, -0.2) is 3.76 Å². The van der Waals surface area contributed by atoms with E-state index < -0.39 is 15.7 Å². The van der Waals surface area contributed by atoms with Crippen LogP contribution in [0.2, 0.25) is 0 Å². The van der Waals surface area contributed by atoms with Gasteiger partial charge in [0.1, 0.15) is 0 Å². The molecule has 2 aliphatic carbocycles. The van der Waals surface area contributed by atoms with Gasteiger partial charge in [0.25, 0.3) is 0 Å². The van der Waals surface area contributed by atoms with Crippen molar-refractivity contribution in [1.29, 1.82) is 0 Å². The standard InChI is InChI=1S/2C13H9.C2H4.2ClH.Hf/c2*1-3-7-12-10(5-1)9-11-6-2-4-8-13(11)12;1-2;;;/h2*1-5,7-8H,9H2;1H,2H3;2*1H;/q;;;;;+2/p-2. The monoisotopic (exact) mass is 608 g/mol. The number of benzene rings is 4.